The minimum atomic E-state index is -4.79. The van der Waals surface area contributed by atoms with Crippen LogP contribution in [-0.2, 0) is 20.2 Å². The van der Waals surface area contributed by atoms with Crippen molar-refractivity contribution in [1.29, 1.82) is 0 Å². The zero-order valence-electron chi connectivity index (χ0n) is 6.82. The zero-order valence-corrected chi connectivity index (χ0v) is 8.45. The van der Waals surface area contributed by atoms with E-state index in [2.05, 4.69) is 4.42 Å². The Bertz CT molecular complexity index is 598. The third-order valence-electron chi connectivity index (χ3n) is 1.34. The van der Waals surface area contributed by atoms with Crippen LogP contribution in [0.25, 0.3) is 0 Å². The molecule has 1 heterocycles. The van der Waals surface area contributed by atoms with Crippen molar-refractivity contribution in [1.82, 2.24) is 0 Å². The molecular weight excluding hydrogens is 298 g/mol. The number of rotatable bonds is 3. The van der Waals surface area contributed by atoms with Gasteiger partial charge in [0, 0.05) is 6.07 Å². The molecule has 0 fully saturated rings. The molecule has 0 radical (unpaired) electrons. The molecule has 0 aromatic carbocycles. The van der Waals surface area contributed by atoms with Gasteiger partial charge in [-0.15, -0.1) is 0 Å². The van der Waals surface area contributed by atoms with Crippen LogP contribution in [-0.4, -0.2) is 91.3 Å². The fourth-order valence-corrected chi connectivity index (χ4v) is 1.91. The van der Waals surface area contributed by atoms with Crippen molar-refractivity contribution in [3.05, 3.63) is 11.8 Å². The van der Waals surface area contributed by atoms with E-state index in [4.69, 9.17) is 9.11 Å². The topological polar surface area (TPSA) is 139 Å². The predicted molar refractivity (Wildman–Crippen MR) is 58.0 cm³/mol. The molecule has 0 aliphatic rings. The van der Waals surface area contributed by atoms with Crippen molar-refractivity contribution in [2.24, 2.45) is 0 Å². The summed E-state index contributed by atoms with van der Waals surface area (Å²) in [5.41, 5.74) is 0. The zero-order chi connectivity index (χ0) is 11.9. The third kappa shape index (κ3) is 5.11. The van der Waals surface area contributed by atoms with Crippen LogP contribution in [0.4, 0.5) is 0 Å². The number of furan rings is 1. The van der Waals surface area contributed by atoms with E-state index in [-0.39, 0.29) is 65.4 Å². The minimum absolute atomic E-state index is 0. The first-order valence-corrected chi connectivity index (χ1v) is 6.08. The van der Waals surface area contributed by atoms with Crippen molar-refractivity contribution in [3.8, 4) is 0 Å². The Morgan fingerprint density at radius 3 is 1.76 bits per heavy atom. The van der Waals surface area contributed by atoms with Gasteiger partial charge in [0.2, 0.25) is 5.09 Å². The average Bonchev–Trinajstić information content (AvgIpc) is 2.44. The quantitative estimate of drug-likeness (QED) is 0.382. The van der Waals surface area contributed by atoms with E-state index >= 15 is 0 Å². The molecule has 0 bridgehead atoms. The second-order valence-corrected chi connectivity index (χ2v) is 5.10. The summed E-state index contributed by atoms with van der Waals surface area (Å²) >= 11 is 0. The van der Waals surface area contributed by atoms with E-state index in [9.17, 15) is 21.6 Å². The maximum absolute atomic E-state index is 10.6. The third-order valence-corrected chi connectivity index (χ3v) is 2.93. The molecule has 8 nitrogen and oxygen atoms in total. The summed E-state index contributed by atoms with van der Waals surface area (Å²) < 4.78 is 63.5. The molecule has 0 spiro atoms. The van der Waals surface area contributed by atoms with Gasteiger partial charge in [-0.1, -0.05) is 0 Å². The van der Waals surface area contributed by atoms with Gasteiger partial charge in [-0.05, 0) is 0 Å². The summed E-state index contributed by atoms with van der Waals surface area (Å²) in [7, 11) is -9.56. The summed E-state index contributed by atoms with van der Waals surface area (Å²) in [6.45, 7) is 0. The predicted octanol–water partition coefficient (Wildman–Crippen LogP) is -1.71. The van der Waals surface area contributed by atoms with Crippen LogP contribution in [0.5, 0.6) is 0 Å². The standard InChI is InChI=1S/C5H4O8S2.2Na.2H/c6-2-3-4(14(7,8)9)1-5(13-3)15(10,11)12;;;;/h1-2H,(H,7,8,9)(H,10,11,12);;;;. The Labute approximate surface area is 141 Å². The number of hydrogen-bond donors (Lipinski definition) is 2. The summed E-state index contributed by atoms with van der Waals surface area (Å²) in [5, 5.41) is -1.14. The van der Waals surface area contributed by atoms with Gasteiger partial charge in [-0.3, -0.25) is 13.9 Å². The van der Waals surface area contributed by atoms with E-state index in [1.54, 1.807) is 0 Å². The van der Waals surface area contributed by atoms with Gasteiger partial charge in [0.25, 0.3) is 10.1 Å². The van der Waals surface area contributed by atoms with E-state index in [1.165, 1.54) is 0 Å². The molecular formula is C5H6Na2O8S2. The van der Waals surface area contributed by atoms with Gasteiger partial charge in [-0.25, -0.2) is 0 Å². The normalized spacial score (nSPS) is 11.2. The summed E-state index contributed by atoms with van der Waals surface area (Å²) in [6, 6.07) is 0.328. The van der Waals surface area contributed by atoms with Crippen LogP contribution in [0.15, 0.2) is 20.5 Å². The Morgan fingerprint density at radius 1 is 1.06 bits per heavy atom. The van der Waals surface area contributed by atoms with Crippen molar-refractivity contribution in [2.75, 3.05) is 0 Å². The summed E-state index contributed by atoms with van der Waals surface area (Å²) in [5.74, 6) is -0.912. The second-order valence-electron chi connectivity index (χ2n) is 2.36. The molecule has 2 N–H and O–H groups in total. The SMILES string of the molecule is O=Cc1oc(S(=O)(=O)O)cc1S(=O)(=O)O.[NaH].[NaH]. The van der Waals surface area contributed by atoms with Crippen LogP contribution in [0.2, 0.25) is 0 Å². The molecule has 1 aromatic heterocycles. The van der Waals surface area contributed by atoms with Gasteiger partial charge < -0.3 is 4.42 Å². The first-order valence-electron chi connectivity index (χ1n) is 3.20. The van der Waals surface area contributed by atoms with Crippen LogP contribution in [0, 0.1) is 0 Å². The van der Waals surface area contributed by atoms with Gasteiger partial charge in [0.15, 0.2) is 12.0 Å². The monoisotopic (exact) mass is 304 g/mol. The van der Waals surface area contributed by atoms with E-state index in [0.29, 0.717) is 6.07 Å². The van der Waals surface area contributed by atoms with E-state index in [1.807, 2.05) is 0 Å². The maximum atomic E-state index is 10.6. The van der Waals surface area contributed by atoms with Crippen LogP contribution in [0.1, 0.15) is 10.6 Å². The van der Waals surface area contributed by atoms with Crippen LogP contribution in [0.3, 0.4) is 0 Å². The van der Waals surface area contributed by atoms with Crippen molar-refractivity contribution in [2.45, 2.75) is 9.99 Å². The Morgan fingerprint density at radius 2 is 1.53 bits per heavy atom. The molecule has 1 rings (SSSR count). The fraction of sp³-hybridized carbons (Fsp3) is 0. The van der Waals surface area contributed by atoms with E-state index in [0.717, 1.165) is 0 Å². The summed E-state index contributed by atoms with van der Waals surface area (Å²) in [4.78, 5) is 9.25. The van der Waals surface area contributed by atoms with Gasteiger partial charge in [0.1, 0.15) is 4.90 Å². The molecule has 0 saturated heterocycles. The molecule has 0 unspecified atom stereocenters. The van der Waals surface area contributed by atoms with Crippen molar-refractivity contribution in [3.63, 3.8) is 0 Å². The Hall–Kier alpha value is 0.770. The Kier molecular flexibility index (Phi) is 8.03. The Balaban J connectivity index is 0. The molecule has 0 amide bonds. The van der Waals surface area contributed by atoms with E-state index < -0.39 is 36.0 Å². The van der Waals surface area contributed by atoms with Gasteiger partial charge >= 0.3 is 69.2 Å². The number of carbonyl (C=O) groups is 1. The van der Waals surface area contributed by atoms with Crippen LogP contribution < -0.4 is 0 Å². The number of aldehydes is 1. The molecule has 0 saturated carbocycles. The molecule has 0 aliphatic heterocycles. The van der Waals surface area contributed by atoms with Gasteiger partial charge in [-0.2, -0.15) is 16.8 Å². The van der Waals surface area contributed by atoms with Crippen LogP contribution >= 0.6 is 0 Å². The first kappa shape index (κ1) is 20.1. The van der Waals surface area contributed by atoms with Crippen molar-refractivity contribution < 1.29 is 35.2 Å². The first-order chi connectivity index (χ1) is 6.66. The van der Waals surface area contributed by atoms with Crippen molar-refractivity contribution >= 4 is 85.6 Å². The fourth-order valence-electron chi connectivity index (χ4n) is 0.777. The molecule has 17 heavy (non-hydrogen) atoms. The molecule has 0 atom stereocenters. The van der Waals surface area contributed by atoms with Gasteiger partial charge in [0.05, 0.1) is 0 Å². The molecule has 0 aliphatic carbocycles. The second kappa shape index (κ2) is 6.80. The average molecular weight is 304 g/mol. The molecule has 88 valence electrons. The molecule has 12 heteroatoms. The molecule has 1 aromatic rings. The number of carbonyl (C=O) groups excluding carboxylic acids is 1. The summed E-state index contributed by atoms with van der Waals surface area (Å²) in [6.07, 6.45) is -0.113. The number of hydrogen-bond acceptors (Lipinski definition) is 6.